The minimum Gasteiger partial charge on any atom is -0.478 e. The Labute approximate surface area is 225 Å². The Morgan fingerprint density at radius 1 is 0.895 bits per heavy atom. The Morgan fingerprint density at radius 3 is 2.08 bits per heavy atom. The van der Waals surface area contributed by atoms with E-state index in [2.05, 4.69) is 12.2 Å². The number of carboxylic acids is 1. The zero-order valence-electron chi connectivity index (χ0n) is 22.9. The van der Waals surface area contributed by atoms with Crippen LogP contribution in [0.25, 0.3) is 0 Å². The molecule has 0 saturated carbocycles. The highest BCUT2D eigenvalue weighted by atomic mass is 19.1. The summed E-state index contributed by atoms with van der Waals surface area (Å²) in [4.78, 5) is 25.9. The van der Waals surface area contributed by atoms with E-state index in [9.17, 15) is 23.5 Å². The molecule has 0 unspecified atom stereocenters. The number of unbranched alkanes of at least 4 members (excludes halogenated alkanes) is 8. The summed E-state index contributed by atoms with van der Waals surface area (Å²) in [5, 5.41) is 11.8. The number of nitrogens with zero attached hydrogens (tertiary/aromatic N) is 1. The van der Waals surface area contributed by atoms with Crippen LogP contribution in [0.2, 0.25) is 0 Å². The fourth-order valence-corrected chi connectivity index (χ4v) is 4.04. The third kappa shape index (κ3) is 11.1. The molecule has 8 heteroatoms. The average Bonchev–Trinajstić information content (AvgIpc) is 2.87. The van der Waals surface area contributed by atoms with Gasteiger partial charge in [-0.05, 0) is 56.5 Å². The van der Waals surface area contributed by atoms with E-state index in [1.165, 1.54) is 58.4 Å². The summed E-state index contributed by atoms with van der Waals surface area (Å²) in [7, 11) is 0. The van der Waals surface area contributed by atoms with Crippen LogP contribution in [0, 0.1) is 11.6 Å². The van der Waals surface area contributed by atoms with Gasteiger partial charge < -0.3 is 20.1 Å². The first-order valence-electron chi connectivity index (χ1n) is 13.6. The monoisotopic (exact) mass is 532 g/mol. The predicted octanol–water partition coefficient (Wildman–Crippen LogP) is 7.81. The van der Waals surface area contributed by atoms with E-state index >= 15 is 0 Å². The van der Waals surface area contributed by atoms with Crippen molar-refractivity contribution in [3.05, 3.63) is 59.7 Å². The summed E-state index contributed by atoms with van der Waals surface area (Å²) in [5.74, 6) is -2.14. The van der Waals surface area contributed by atoms with Gasteiger partial charge in [-0.3, -0.25) is 0 Å². The molecule has 0 atom stereocenters. The quantitative estimate of drug-likeness (QED) is 0.204. The number of urea groups is 1. The second-order valence-corrected chi connectivity index (χ2v) is 10.2. The number of amides is 2. The second kappa shape index (κ2) is 15.9. The Hall–Kier alpha value is -3.16. The summed E-state index contributed by atoms with van der Waals surface area (Å²) < 4.78 is 32.9. The van der Waals surface area contributed by atoms with Crippen LogP contribution in [-0.2, 0) is 11.2 Å². The van der Waals surface area contributed by atoms with Gasteiger partial charge in [0.05, 0.1) is 5.69 Å². The molecule has 0 aliphatic heterocycles. The maximum absolute atomic E-state index is 14.1. The largest absolute Gasteiger partial charge is 0.478 e. The van der Waals surface area contributed by atoms with Gasteiger partial charge in [-0.25, -0.2) is 18.4 Å². The van der Waals surface area contributed by atoms with Crippen molar-refractivity contribution in [2.45, 2.75) is 90.6 Å². The van der Waals surface area contributed by atoms with Crippen molar-refractivity contribution < 1.29 is 28.2 Å². The Kier molecular flexibility index (Phi) is 13.0. The van der Waals surface area contributed by atoms with Crippen LogP contribution in [0.1, 0.15) is 84.1 Å². The van der Waals surface area contributed by atoms with Gasteiger partial charge in [0.15, 0.2) is 5.60 Å². The topological polar surface area (TPSA) is 78.9 Å². The first-order valence-corrected chi connectivity index (χ1v) is 13.6. The molecule has 0 radical (unpaired) electrons. The lowest BCUT2D eigenvalue weighted by Gasteiger charge is -2.24. The van der Waals surface area contributed by atoms with Crippen molar-refractivity contribution >= 4 is 17.7 Å². The molecule has 0 heterocycles. The number of aliphatic carboxylic acids is 1. The van der Waals surface area contributed by atoms with Crippen molar-refractivity contribution in [2.75, 3.05) is 18.4 Å². The fraction of sp³-hybridized carbons (Fsp3) is 0.533. The van der Waals surface area contributed by atoms with Gasteiger partial charge in [0.1, 0.15) is 17.4 Å². The van der Waals surface area contributed by atoms with Crippen LogP contribution in [0.4, 0.5) is 19.3 Å². The number of hydrogen-bond acceptors (Lipinski definition) is 3. The minimum atomic E-state index is -1.35. The van der Waals surface area contributed by atoms with E-state index in [4.69, 9.17) is 4.74 Å². The maximum Gasteiger partial charge on any atom is 0.347 e. The van der Waals surface area contributed by atoms with E-state index in [0.717, 1.165) is 37.0 Å². The lowest BCUT2D eigenvalue weighted by molar-refractivity contribution is -0.152. The zero-order chi connectivity index (χ0) is 28.0. The van der Waals surface area contributed by atoms with E-state index < -0.39 is 29.2 Å². The number of anilines is 1. The van der Waals surface area contributed by atoms with Crippen LogP contribution >= 0.6 is 0 Å². The van der Waals surface area contributed by atoms with Crippen LogP contribution in [0.5, 0.6) is 5.75 Å². The molecule has 0 spiro atoms. The van der Waals surface area contributed by atoms with Crippen LogP contribution in [0.15, 0.2) is 42.5 Å². The van der Waals surface area contributed by atoms with Crippen molar-refractivity contribution in [3.8, 4) is 5.75 Å². The zero-order valence-corrected chi connectivity index (χ0v) is 22.9. The third-order valence-electron chi connectivity index (χ3n) is 6.47. The van der Waals surface area contributed by atoms with Gasteiger partial charge >= 0.3 is 12.0 Å². The van der Waals surface area contributed by atoms with Crippen molar-refractivity contribution in [1.82, 2.24) is 4.90 Å². The van der Waals surface area contributed by atoms with Gasteiger partial charge in [0, 0.05) is 19.2 Å². The molecule has 0 aromatic heterocycles. The van der Waals surface area contributed by atoms with Gasteiger partial charge in [-0.2, -0.15) is 0 Å². The number of benzene rings is 2. The fourth-order valence-electron chi connectivity index (χ4n) is 4.04. The van der Waals surface area contributed by atoms with E-state index in [0.29, 0.717) is 25.3 Å². The molecule has 0 bridgehead atoms. The molecule has 0 aliphatic rings. The van der Waals surface area contributed by atoms with Crippen molar-refractivity contribution in [3.63, 3.8) is 0 Å². The number of nitrogens with one attached hydrogen (secondary N) is 1. The Morgan fingerprint density at radius 2 is 1.50 bits per heavy atom. The summed E-state index contributed by atoms with van der Waals surface area (Å²) >= 11 is 0. The van der Waals surface area contributed by atoms with Gasteiger partial charge in [0.2, 0.25) is 0 Å². The summed E-state index contributed by atoms with van der Waals surface area (Å²) in [6.45, 7) is 6.11. The van der Waals surface area contributed by atoms with E-state index in [1.807, 2.05) is 12.1 Å². The molecule has 2 aromatic rings. The first-order chi connectivity index (χ1) is 18.1. The number of carboxylic acid groups (broad SMARTS) is 1. The minimum absolute atomic E-state index is 0.0592. The molecule has 0 aliphatic carbocycles. The van der Waals surface area contributed by atoms with Crippen LogP contribution in [0.3, 0.4) is 0 Å². The van der Waals surface area contributed by atoms with E-state index in [-0.39, 0.29) is 5.69 Å². The van der Waals surface area contributed by atoms with Crippen molar-refractivity contribution in [1.29, 1.82) is 0 Å². The molecule has 2 N–H and O–H groups in total. The van der Waals surface area contributed by atoms with Gasteiger partial charge in [-0.15, -0.1) is 0 Å². The molecule has 210 valence electrons. The lowest BCUT2D eigenvalue weighted by Crippen LogP contribution is -2.38. The van der Waals surface area contributed by atoms with Crippen LogP contribution in [-0.4, -0.2) is 40.7 Å². The van der Waals surface area contributed by atoms with E-state index in [1.54, 1.807) is 17.0 Å². The summed E-state index contributed by atoms with van der Waals surface area (Å²) in [6, 6.07) is 9.73. The second-order valence-electron chi connectivity index (χ2n) is 10.2. The standard InChI is InChI=1S/C30H42F2N2O4/c1-4-5-6-7-8-9-10-11-12-20-34(29(37)33-27-18-15-24(31)22-26(27)32)21-19-23-13-16-25(17-14-23)38-30(2,3)28(35)36/h13-18,22H,4-12,19-21H2,1-3H3,(H,33,37)(H,35,36). The highest BCUT2D eigenvalue weighted by Crippen LogP contribution is 2.20. The molecule has 0 saturated heterocycles. The molecule has 38 heavy (non-hydrogen) atoms. The molecule has 6 nitrogen and oxygen atoms in total. The number of ether oxygens (including phenoxy) is 1. The highest BCUT2D eigenvalue weighted by Gasteiger charge is 2.29. The number of carbonyl (C=O) groups excluding carboxylic acids is 1. The first kappa shape index (κ1) is 31.1. The molecule has 2 amide bonds. The van der Waals surface area contributed by atoms with Crippen LogP contribution < -0.4 is 10.1 Å². The highest BCUT2D eigenvalue weighted by molar-refractivity contribution is 5.89. The Bertz CT molecular complexity index is 1010. The maximum atomic E-state index is 14.1. The smallest absolute Gasteiger partial charge is 0.347 e. The summed E-state index contributed by atoms with van der Waals surface area (Å²) in [5.41, 5.74) is -0.457. The Balaban J connectivity index is 1.93. The molecular formula is C30H42F2N2O4. The third-order valence-corrected chi connectivity index (χ3v) is 6.47. The number of hydrogen-bond donors (Lipinski definition) is 2. The van der Waals surface area contributed by atoms with Crippen molar-refractivity contribution in [2.24, 2.45) is 0 Å². The van der Waals surface area contributed by atoms with Gasteiger partial charge in [-0.1, -0.05) is 70.4 Å². The SMILES string of the molecule is CCCCCCCCCCCN(CCc1ccc(OC(C)(C)C(=O)O)cc1)C(=O)Nc1ccc(F)cc1F. The number of carbonyl (C=O) groups is 2. The molecular weight excluding hydrogens is 490 g/mol. The lowest BCUT2D eigenvalue weighted by atomic mass is 10.1. The number of halogens is 2. The van der Waals surface area contributed by atoms with Gasteiger partial charge in [0.25, 0.3) is 0 Å². The predicted molar refractivity (Wildman–Crippen MR) is 147 cm³/mol. The molecule has 2 rings (SSSR count). The number of rotatable bonds is 17. The molecule has 2 aromatic carbocycles. The normalized spacial score (nSPS) is 11.3. The molecule has 0 fully saturated rings. The summed E-state index contributed by atoms with van der Waals surface area (Å²) in [6.07, 6.45) is 11.0. The average molecular weight is 533 g/mol.